The minimum absolute atomic E-state index is 0.104. The van der Waals surface area contributed by atoms with Gasteiger partial charge in [-0.2, -0.15) is 0 Å². The van der Waals surface area contributed by atoms with Gasteiger partial charge in [0.1, 0.15) is 11.5 Å². The summed E-state index contributed by atoms with van der Waals surface area (Å²) < 4.78 is 15.6. The minimum atomic E-state index is -0.104. The molecule has 116 valence electrons. The fraction of sp³-hybridized carbons (Fsp3) is 0.562. The number of nitrogens with zero attached hydrogens (tertiary/aromatic N) is 1. The summed E-state index contributed by atoms with van der Waals surface area (Å²) >= 11 is 0. The van der Waals surface area contributed by atoms with E-state index < -0.39 is 0 Å². The highest BCUT2D eigenvalue weighted by Gasteiger charge is 2.25. The smallest absolute Gasteiger partial charge is 0.306 e. The van der Waals surface area contributed by atoms with Gasteiger partial charge in [0.25, 0.3) is 0 Å². The van der Waals surface area contributed by atoms with Crippen LogP contribution in [0.15, 0.2) is 18.2 Å². The van der Waals surface area contributed by atoms with Gasteiger partial charge in [-0.05, 0) is 19.3 Å². The maximum absolute atomic E-state index is 11.6. The predicted octanol–water partition coefficient (Wildman–Crippen LogP) is 2.48. The highest BCUT2D eigenvalue weighted by molar-refractivity contribution is 5.70. The average molecular weight is 293 g/mol. The number of benzene rings is 1. The maximum Gasteiger partial charge on any atom is 0.306 e. The number of methoxy groups -OCH3 is 2. The quantitative estimate of drug-likeness (QED) is 0.754. The second-order valence-corrected chi connectivity index (χ2v) is 5.18. The topological polar surface area (TPSA) is 48.0 Å². The van der Waals surface area contributed by atoms with Crippen LogP contribution in [0.5, 0.6) is 11.5 Å². The molecule has 0 spiro atoms. The molecule has 1 unspecified atom stereocenters. The molecule has 21 heavy (non-hydrogen) atoms. The van der Waals surface area contributed by atoms with E-state index in [4.69, 9.17) is 14.2 Å². The molecular weight excluding hydrogens is 270 g/mol. The lowest BCUT2D eigenvalue weighted by molar-refractivity contribution is -0.144. The first-order chi connectivity index (χ1) is 10.2. The average Bonchev–Trinajstić information content (AvgIpc) is 2.95. The molecule has 0 bridgehead atoms. The predicted molar refractivity (Wildman–Crippen MR) is 81.1 cm³/mol. The van der Waals surface area contributed by atoms with Crippen molar-refractivity contribution in [2.75, 3.05) is 38.8 Å². The number of esters is 1. The first-order valence-electron chi connectivity index (χ1n) is 7.30. The third-order valence-corrected chi connectivity index (χ3v) is 3.75. The summed E-state index contributed by atoms with van der Waals surface area (Å²) in [4.78, 5) is 13.8. The van der Waals surface area contributed by atoms with Gasteiger partial charge >= 0.3 is 5.97 Å². The number of carbonyl (C=O) groups is 1. The lowest BCUT2D eigenvalue weighted by atomic mass is 10.1. The largest absolute Gasteiger partial charge is 0.497 e. The van der Waals surface area contributed by atoms with Crippen LogP contribution in [0.2, 0.25) is 0 Å². The van der Waals surface area contributed by atoms with Gasteiger partial charge < -0.3 is 19.1 Å². The first-order valence-corrected chi connectivity index (χ1v) is 7.30. The lowest BCUT2D eigenvalue weighted by Gasteiger charge is -2.20. The third kappa shape index (κ3) is 4.03. The molecule has 0 N–H and O–H groups in total. The molecule has 1 aliphatic rings. The second-order valence-electron chi connectivity index (χ2n) is 5.18. The zero-order valence-electron chi connectivity index (χ0n) is 12.9. The molecule has 1 heterocycles. The lowest BCUT2D eigenvalue weighted by Crippen LogP contribution is -2.21. The standard InChI is InChI=1S/C16H23NO4/c1-4-21-16(18)7-12-5-6-17(11-12)13-8-14(19-2)10-15(9-13)20-3/h8-10,12H,4-7,11H2,1-3H3. The summed E-state index contributed by atoms with van der Waals surface area (Å²) in [6, 6.07) is 5.85. The van der Waals surface area contributed by atoms with E-state index in [1.54, 1.807) is 14.2 Å². The van der Waals surface area contributed by atoms with Crippen LogP contribution < -0.4 is 14.4 Å². The molecule has 0 saturated carbocycles. The van der Waals surface area contributed by atoms with E-state index in [1.807, 2.05) is 25.1 Å². The van der Waals surface area contributed by atoms with E-state index in [2.05, 4.69) is 4.90 Å². The number of carbonyl (C=O) groups excluding carboxylic acids is 1. The summed E-state index contributed by atoms with van der Waals surface area (Å²) in [6.45, 7) is 4.07. The van der Waals surface area contributed by atoms with Crippen LogP contribution in [-0.2, 0) is 9.53 Å². The van der Waals surface area contributed by atoms with Gasteiger partial charge in [0.2, 0.25) is 0 Å². The molecule has 1 saturated heterocycles. The maximum atomic E-state index is 11.6. The van der Waals surface area contributed by atoms with Crippen molar-refractivity contribution >= 4 is 11.7 Å². The van der Waals surface area contributed by atoms with Gasteiger partial charge in [-0.15, -0.1) is 0 Å². The van der Waals surface area contributed by atoms with Crippen LogP contribution in [0, 0.1) is 5.92 Å². The summed E-state index contributed by atoms with van der Waals surface area (Å²) in [7, 11) is 3.29. The summed E-state index contributed by atoms with van der Waals surface area (Å²) in [5, 5.41) is 0. The molecule has 5 nitrogen and oxygen atoms in total. The van der Waals surface area contributed by atoms with E-state index in [0.717, 1.165) is 36.7 Å². The van der Waals surface area contributed by atoms with Crippen molar-refractivity contribution in [2.45, 2.75) is 19.8 Å². The zero-order chi connectivity index (χ0) is 15.2. The zero-order valence-corrected chi connectivity index (χ0v) is 12.9. The van der Waals surface area contributed by atoms with Crippen LogP contribution in [0.1, 0.15) is 19.8 Å². The highest BCUT2D eigenvalue weighted by Crippen LogP contribution is 2.32. The number of ether oxygens (including phenoxy) is 3. The number of hydrogen-bond acceptors (Lipinski definition) is 5. The van der Waals surface area contributed by atoms with Gasteiger partial charge in [0.05, 0.1) is 27.2 Å². The number of hydrogen-bond donors (Lipinski definition) is 0. The molecular formula is C16H23NO4. The highest BCUT2D eigenvalue weighted by atomic mass is 16.5. The Kier molecular flexibility index (Phi) is 5.31. The van der Waals surface area contributed by atoms with Gasteiger partial charge in [0.15, 0.2) is 0 Å². The molecule has 1 aromatic carbocycles. The van der Waals surface area contributed by atoms with Gasteiger partial charge in [0, 0.05) is 37.0 Å². The summed E-state index contributed by atoms with van der Waals surface area (Å²) in [6.07, 6.45) is 1.49. The molecule has 0 amide bonds. The molecule has 1 fully saturated rings. The van der Waals surface area contributed by atoms with E-state index in [9.17, 15) is 4.79 Å². The Morgan fingerprint density at radius 1 is 1.24 bits per heavy atom. The molecule has 1 aromatic rings. The third-order valence-electron chi connectivity index (χ3n) is 3.75. The normalized spacial score (nSPS) is 17.7. The molecule has 5 heteroatoms. The second kappa shape index (κ2) is 7.20. The molecule has 0 aromatic heterocycles. The van der Waals surface area contributed by atoms with E-state index in [1.165, 1.54) is 0 Å². The van der Waals surface area contributed by atoms with Crippen molar-refractivity contribution in [2.24, 2.45) is 5.92 Å². The Balaban J connectivity index is 2.02. The summed E-state index contributed by atoms with van der Waals surface area (Å²) in [5.41, 5.74) is 1.07. The van der Waals surface area contributed by atoms with Gasteiger partial charge in [-0.25, -0.2) is 0 Å². The Hall–Kier alpha value is -1.91. The fourth-order valence-electron chi connectivity index (χ4n) is 2.66. The van der Waals surface area contributed by atoms with Crippen molar-refractivity contribution in [3.63, 3.8) is 0 Å². The number of rotatable bonds is 6. The number of anilines is 1. The SMILES string of the molecule is CCOC(=O)CC1CCN(c2cc(OC)cc(OC)c2)C1. The molecule has 0 aliphatic carbocycles. The Bertz CT molecular complexity index is 467. The van der Waals surface area contributed by atoms with Crippen LogP contribution in [0.4, 0.5) is 5.69 Å². The molecule has 0 radical (unpaired) electrons. The van der Waals surface area contributed by atoms with Gasteiger partial charge in [-0.3, -0.25) is 4.79 Å². The van der Waals surface area contributed by atoms with Crippen LogP contribution in [0.25, 0.3) is 0 Å². The Labute approximate surface area is 125 Å². The van der Waals surface area contributed by atoms with Crippen LogP contribution in [-0.4, -0.2) is 39.9 Å². The Morgan fingerprint density at radius 3 is 2.48 bits per heavy atom. The molecule has 1 aliphatic heterocycles. The van der Waals surface area contributed by atoms with Crippen molar-refractivity contribution < 1.29 is 19.0 Å². The van der Waals surface area contributed by atoms with Crippen molar-refractivity contribution in [3.05, 3.63) is 18.2 Å². The van der Waals surface area contributed by atoms with Crippen LogP contribution >= 0.6 is 0 Å². The monoisotopic (exact) mass is 293 g/mol. The molecule has 1 atom stereocenters. The van der Waals surface area contributed by atoms with Crippen molar-refractivity contribution in [1.29, 1.82) is 0 Å². The van der Waals surface area contributed by atoms with Gasteiger partial charge in [-0.1, -0.05) is 0 Å². The van der Waals surface area contributed by atoms with E-state index in [0.29, 0.717) is 18.9 Å². The Morgan fingerprint density at radius 2 is 1.90 bits per heavy atom. The molecule has 2 rings (SSSR count). The van der Waals surface area contributed by atoms with Crippen molar-refractivity contribution in [3.8, 4) is 11.5 Å². The first kappa shape index (κ1) is 15.5. The van der Waals surface area contributed by atoms with E-state index >= 15 is 0 Å². The van der Waals surface area contributed by atoms with Crippen molar-refractivity contribution in [1.82, 2.24) is 0 Å². The van der Waals surface area contributed by atoms with Crippen LogP contribution in [0.3, 0.4) is 0 Å². The fourth-order valence-corrected chi connectivity index (χ4v) is 2.66. The summed E-state index contributed by atoms with van der Waals surface area (Å²) in [5.74, 6) is 1.80. The van der Waals surface area contributed by atoms with E-state index in [-0.39, 0.29) is 5.97 Å². The minimum Gasteiger partial charge on any atom is -0.497 e.